The molecule has 1 aromatic carbocycles. The summed E-state index contributed by atoms with van der Waals surface area (Å²) in [5, 5.41) is 3.01. The average molecular weight is 287 g/mol. The molecule has 3 rings (SSSR count). The maximum absolute atomic E-state index is 12.7. The Morgan fingerprint density at radius 1 is 1.10 bits per heavy atom. The Hall–Kier alpha value is -1.88. The Kier molecular flexibility index (Phi) is 3.92. The van der Waals surface area contributed by atoms with Gasteiger partial charge in [0, 0.05) is 12.6 Å². The molecule has 112 valence electrons. The quantitative estimate of drug-likeness (QED) is 0.875. The molecule has 1 heterocycles. The first-order valence-corrected chi connectivity index (χ1v) is 7.64. The van der Waals surface area contributed by atoms with Crippen LogP contribution in [0.4, 0.5) is 10.5 Å². The SMILES string of the molecule is NCc1ccc(N2C(=O)NC3CCCCCC3C2=O)cc1. The predicted molar refractivity (Wildman–Crippen MR) is 80.7 cm³/mol. The third kappa shape index (κ3) is 2.65. The van der Waals surface area contributed by atoms with E-state index in [0.29, 0.717) is 12.2 Å². The first kappa shape index (κ1) is 14.1. The van der Waals surface area contributed by atoms with Crippen LogP contribution in [0.5, 0.6) is 0 Å². The van der Waals surface area contributed by atoms with Gasteiger partial charge < -0.3 is 11.1 Å². The standard InChI is InChI=1S/C16H21N3O2/c17-10-11-6-8-12(9-7-11)19-15(20)13-4-2-1-3-5-14(13)18-16(19)21/h6-9,13-14H,1-5,10,17H2,(H,18,21). The van der Waals surface area contributed by atoms with Crippen molar-refractivity contribution in [3.05, 3.63) is 29.8 Å². The summed E-state index contributed by atoms with van der Waals surface area (Å²) in [4.78, 5) is 26.3. The van der Waals surface area contributed by atoms with E-state index < -0.39 is 0 Å². The van der Waals surface area contributed by atoms with Gasteiger partial charge in [-0.3, -0.25) is 4.79 Å². The maximum Gasteiger partial charge on any atom is 0.328 e. The van der Waals surface area contributed by atoms with Gasteiger partial charge in [-0.25, -0.2) is 9.69 Å². The molecule has 3 N–H and O–H groups in total. The lowest BCUT2D eigenvalue weighted by molar-refractivity contribution is -0.123. The van der Waals surface area contributed by atoms with Crippen molar-refractivity contribution in [2.24, 2.45) is 11.7 Å². The lowest BCUT2D eigenvalue weighted by atomic mass is 9.91. The van der Waals surface area contributed by atoms with Gasteiger partial charge in [0.05, 0.1) is 11.6 Å². The second-order valence-electron chi connectivity index (χ2n) is 5.84. The van der Waals surface area contributed by atoms with E-state index in [1.54, 1.807) is 12.1 Å². The molecule has 1 saturated carbocycles. The van der Waals surface area contributed by atoms with Gasteiger partial charge in [-0.2, -0.15) is 0 Å². The highest BCUT2D eigenvalue weighted by Gasteiger charge is 2.41. The van der Waals surface area contributed by atoms with Gasteiger partial charge >= 0.3 is 6.03 Å². The highest BCUT2D eigenvalue weighted by Crippen LogP contribution is 2.30. The summed E-state index contributed by atoms with van der Waals surface area (Å²) in [5.41, 5.74) is 7.18. The summed E-state index contributed by atoms with van der Waals surface area (Å²) in [6, 6.07) is 6.99. The van der Waals surface area contributed by atoms with Crippen molar-refractivity contribution in [2.75, 3.05) is 4.90 Å². The molecule has 1 saturated heterocycles. The molecule has 0 spiro atoms. The van der Waals surface area contributed by atoms with Crippen LogP contribution >= 0.6 is 0 Å². The van der Waals surface area contributed by atoms with Crippen molar-refractivity contribution in [3.63, 3.8) is 0 Å². The highest BCUT2D eigenvalue weighted by atomic mass is 16.2. The lowest BCUT2D eigenvalue weighted by Gasteiger charge is -2.36. The number of carbonyl (C=O) groups excluding carboxylic acids is 2. The van der Waals surface area contributed by atoms with Crippen LogP contribution in [0.15, 0.2) is 24.3 Å². The molecule has 0 radical (unpaired) electrons. The van der Waals surface area contributed by atoms with Gasteiger partial charge in [-0.15, -0.1) is 0 Å². The maximum atomic E-state index is 12.7. The topological polar surface area (TPSA) is 75.4 Å². The Balaban J connectivity index is 1.87. The minimum atomic E-state index is -0.302. The fourth-order valence-corrected chi connectivity index (χ4v) is 3.29. The number of nitrogens with one attached hydrogen (secondary N) is 1. The fraction of sp³-hybridized carbons (Fsp3) is 0.500. The van der Waals surface area contributed by atoms with Crippen molar-refractivity contribution in [1.82, 2.24) is 5.32 Å². The zero-order chi connectivity index (χ0) is 14.8. The molecule has 1 aromatic rings. The molecule has 2 fully saturated rings. The first-order valence-electron chi connectivity index (χ1n) is 7.64. The third-order valence-electron chi connectivity index (χ3n) is 4.50. The molecule has 5 heteroatoms. The Labute approximate surface area is 124 Å². The van der Waals surface area contributed by atoms with Gasteiger partial charge in [0.25, 0.3) is 0 Å². The van der Waals surface area contributed by atoms with Crippen molar-refractivity contribution in [3.8, 4) is 0 Å². The largest absolute Gasteiger partial charge is 0.334 e. The van der Waals surface area contributed by atoms with Crippen LogP contribution in [0.2, 0.25) is 0 Å². The zero-order valence-corrected chi connectivity index (χ0v) is 12.0. The number of nitrogens with two attached hydrogens (primary N) is 1. The number of carbonyl (C=O) groups is 2. The minimum absolute atomic E-state index is 0.00654. The summed E-state index contributed by atoms with van der Waals surface area (Å²) in [5.74, 6) is -0.148. The van der Waals surface area contributed by atoms with Crippen LogP contribution in [0.25, 0.3) is 0 Å². The second-order valence-corrected chi connectivity index (χ2v) is 5.84. The van der Waals surface area contributed by atoms with Crippen molar-refractivity contribution < 1.29 is 9.59 Å². The van der Waals surface area contributed by atoms with Crippen LogP contribution in [0, 0.1) is 5.92 Å². The third-order valence-corrected chi connectivity index (χ3v) is 4.50. The number of urea groups is 1. The summed E-state index contributed by atoms with van der Waals surface area (Å²) in [6.45, 7) is 0.450. The fourth-order valence-electron chi connectivity index (χ4n) is 3.29. The van der Waals surface area contributed by atoms with E-state index in [1.807, 2.05) is 12.1 Å². The molecule has 0 bridgehead atoms. The summed E-state index contributed by atoms with van der Waals surface area (Å²) in [6.07, 6.45) is 5.05. The number of anilines is 1. The van der Waals surface area contributed by atoms with Crippen LogP contribution in [-0.4, -0.2) is 18.0 Å². The van der Waals surface area contributed by atoms with Gasteiger partial charge in [-0.1, -0.05) is 31.4 Å². The van der Waals surface area contributed by atoms with Gasteiger partial charge in [0.1, 0.15) is 0 Å². The Morgan fingerprint density at radius 2 is 1.81 bits per heavy atom. The lowest BCUT2D eigenvalue weighted by Crippen LogP contribution is -2.60. The zero-order valence-electron chi connectivity index (χ0n) is 12.0. The van der Waals surface area contributed by atoms with E-state index in [2.05, 4.69) is 5.32 Å². The van der Waals surface area contributed by atoms with E-state index in [-0.39, 0.29) is 23.9 Å². The molecular formula is C16H21N3O2. The molecule has 5 nitrogen and oxygen atoms in total. The van der Waals surface area contributed by atoms with Crippen LogP contribution in [0.1, 0.15) is 37.7 Å². The van der Waals surface area contributed by atoms with E-state index in [9.17, 15) is 9.59 Å². The number of rotatable bonds is 2. The number of hydrogen-bond acceptors (Lipinski definition) is 3. The van der Waals surface area contributed by atoms with Crippen molar-refractivity contribution >= 4 is 17.6 Å². The first-order chi connectivity index (χ1) is 10.2. The minimum Gasteiger partial charge on any atom is -0.334 e. The van der Waals surface area contributed by atoms with Gasteiger partial charge in [0.15, 0.2) is 0 Å². The molecule has 2 atom stereocenters. The highest BCUT2D eigenvalue weighted by molar-refractivity contribution is 6.17. The molecule has 2 unspecified atom stereocenters. The van der Waals surface area contributed by atoms with E-state index in [4.69, 9.17) is 5.73 Å². The monoisotopic (exact) mass is 287 g/mol. The number of amides is 3. The molecule has 1 aliphatic carbocycles. The number of imide groups is 1. The molecular weight excluding hydrogens is 266 g/mol. The van der Waals surface area contributed by atoms with Crippen molar-refractivity contribution in [2.45, 2.75) is 44.7 Å². The molecule has 3 amide bonds. The normalized spacial score (nSPS) is 26.0. The molecule has 2 aliphatic rings. The van der Waals surface area contributed by atoms with Crippen LogP contribution < -0.4 is 16.0 Å². The smallest absolute Gasteiger partial charge is 0.328 e. The number of nitrogens with zero attached hydrogens (tertiary/aromatic N) is 1. The molecule has 21 heavy (non-hydrogen) atoms. The van der Waals surface area contributed by atoms with Gasteiger partial charge in [0.2, 0.25) is 5.91 Å². The number of hydrogen-bond donors (Lipinski definition) is 2. The van der Waals surface area contributed by atoms with Crippen LogP contribution in [-0.2, 0) is 11.3 Å². The Bertz CT molecular complexity index is 541. The van der Waals surface area contributed by atoms with Crippen molar-refractivity contribution in [1.29, 1.82) is 0 Å². The predicted octanol–water partition coefficient (Wildman–Crippen LogP) is 2.15. The summed E-state index contributed by atoms with van der Waals surface area (Å²) >= 11 is 0. The van der Waals surface area contributed by atoms with E-state index in [0.717, 1.165) is 37.7 Å². The average Bonchev–Trinajstić information content (AvgIpc) is 2.73. The Morgan fingerprint density at radius 3 is 2.52 bits per heavy atom. The van der Waals surface area contributed by atoms with E-state index >= 15 is 0 Å². The molecule has 0 aromatic heterocycles. The number of fused-ring (bicyclic) bond motifs is 1. The second kappa shape index (κ2) is 5.85. The summed E-state index contributed by atoms with van der Waals surface area (Å²) < 4.78 is 0. The summed E-state index contributed by atoms with van der Waals surface area (Å²) in [7, 11) is 0. The number of benzene rings is 1. The van der Waals surface area contributed by atoms with Gasteiger partial charge in [-0.05, 0) is 30.5 Å². The molecule has 1 aliphatic heterocycles. The van der Waals surface area contributed by atoms with E-state index in [1.165, 1.54) is 4.90 Å². The van der Waals surface area contributed by atoms with Crippen LogP contribution in [0.3, 0.4) is 0 Å².